The molecule has 2 atom stereocenters. The number of carbonyl (C=O) groups is 1. The van der Waals surface area contributed by atoms with E-state index < -0.39 is 0 Å². The highest BCUT2D eigenvalue weighted by atomic mass is 16.5. The number of hydrogen-bond acceptors (Lipinski definition) is 3. The largest absolute Gasteiger partial charge is 0.496 e. The van der Waals surface area contributed by atoms with Crippen molar-refractivity contribution in [3.05, 3.63) is 23.3 Å². The lowest BCUT2D eigenvalue weighted by Gasteiger charge is -2.25. The van der Waals surface area contributed by atoms with Gasteiger partial charge >= 0.3 is 0 Å². The molecule has 0 amide bonds. The monoisotopic (exact) mass is 246 g/mol. The van der Waals surface area contributed by atoms with Crippen LogP contribution < -0.4 is 9.47 Å². The van der Waals surface area contributed by atoms with Gasteiger partial charge in [0, 0.05) is 11.5 Å². The molecule has 3 nitrogen and oxygen atoms in total. The van der Waals surface area contributed by atoms with E-state index in [4.69, 9.17) is 9.47 Å². The molecule has 3 heteroatoms. The van der Waals surface area contributed by atoms with Crippen molar-refractivity contribution in [1.29, 1.82) is 0 Å². The summed E-state index contributed by atoms with van der Waals surface area (Å²) in [5, 5.41) is 0. The number of fused-ring (bicyclic) bond motifs is 3. The summed E-state index contributed by atoms with van der Waals surface area (Å²) in [5.41, 5.74) is 1.86. The summed E-state index contributed by atoms with van der Waals surface area (Å²) < 4.78 is 10.8. The molecule has 0 bridgehead atoms. The Bertz CT molecular complexity index is 493. The molecule has 2 aliphatic carbocycles. The molecular weight excluding hydrogens is 228 g/mol. The maximum Gasteiger partial charge on any atom is 0.170 e. The minimum atomic E-state index is 0.152. The van der Waals surface area contributed by atoms with Gasteiger partial charge in [0.15, 0.2) is 5.78 Å². The highest BCUT2D eigenvalue weighted by Crippen LogP contribution is 2.52. The highest BCUT2D eigenvalue weighted by Gasteiger charge is 2.44. The zero-order valence-electron chi connectivity index (χ0n) is 10.9. The number of carbonyl (C=O) groups excluding carboxylic acids is 1. The fraction of sp³-hybridized carbons (Fsp3) is 0.533. The summed E-state index contributed by atoms with van der Waals surface area (Å²) >= 11 is 0. The van der Waals surface area contributed by atoms with Crippen LogP contribution in [0.4, 0.5) is 0 Å². The van der Waals surface area contributed by atoms with Gasteiger partial charge in [-0.2, -0.15) is 0 Å². The molecule has 0 aromatic heterocycles. The lowest BCUT2D eigenvalue weighted by Crippen LogP contribution is -2.17. The Morgan fingerprint density at radius 2 is 1.61 bits per heavy atom. The summed E-state index contributed by atoms with van der Waals surface area (Å²) in [7, 11) is 3.29. The first-order chi connectivity index (χ1) is 8.77. The Labute approximate surface area is 107 Å². The summed E-state index contributed by atoms with van der Waals surface area (Å²) in [5.74, 6) is 2.29. The van der Waals surface area contributed by atoms with Gasteiger partial charge in [0.25, 0.3) is 0 Å². The minimum absolute atomic E-state index is 0.152. The quantitative estimate of drug-likeness (QED) is 0.804. The maximum absolute atomic E-state index is 12.5. The van der Waals surface area contributed by atoms with Crippen molar-refractivity contribution in [2.75, 3.05) is 14.2 Å². The van der Waals surface area contributed by atoms with Gasteiger partial charge in [0.2, 0.25) is 0 Å². The number of ketones is 1. The average molecular weight is 246 g/mol. The van der Waals surface area contributed by atoms with Crippen LogP contribution >= 0.6 is 0 Å². The summed E-state index contributed by atoms with van der Waals surface area (Å²) in [4.78, 5) is 12.5. The zero-order valence-corrected chi connectivity index (χ0v) is 10.9. The third-order valence-corrected chi connectivity index (χ3v) is 4.33. The molecule has 0 spiro atoms. The van der Waals surface area contributed by atoms with Crippen LogP contribution in [-0.4, -0.2) is 20.0 Å². The van der Waals surface area contributed by atoms with E-state index in [2.05, 4.69) is 0 Å². The Morgan fingerprint density at radius 3 is 2.28 bits per heavy atom. The first-order valence-corrected chi connectivity index (χ1v) is 6.57. The average Bonchev–Trinajstić information content (AvgIpc) is 2.73. The van der Waals surface area contributed by atoms with Crippen molar-refractivity contribution in [3.63, 3.8) is 0 Å². The predicted molar refractivity (Wildman–Crippen MR) is 68.6 cm³/mol. The molecule has 0 N–H and O–H groups in total. The molecule has 18 heavy (non-hydrogen) atoms. The van der Waals surface area contributed by atoms with Gasteiger partial charge in [-0.05, 0) is 30.9 Å². The van der Waals surface area contributed by atoms with E-state index in [9.17, 15) is 4.79 Å². The van der Waals surface area contributed by atoms with Crippen LogP contribution in [0.3, 0.4) is 0 Å². The first-order valence-electron chi connectivity index (χ1n) is 6.57. The molecule has 0 aliphatic heterocycles. The van der Waals surface area contributed by atoms with Gasteiger partial charge in [0.1, 0.15) is 11.5 Å². The van der Waals surface area contributed by atoms with Crippen LogP contribution in [-0.2, 0) is 0 Å². The number of methoxy groups -OCH3 is 2. The van der Waals surface area contributed by atoms with Gasteiger partial charge in [-0.15, -0.1) is 0 Å². The first kappa shape index (κ1) is 11.6. The Morgan fingerprint density at radius 1 is 1.00 bits per heavy atom. The molecule has 2 aliphatic rings. The number of ether oxygens (including phenoxy) is 2. The van der Waals surface area contributed by atoms with Crippen molar-refractivity contribution in [3.8, 4) is 11.5 Å². The van der Waals surface area contributed by atoms with Gasteiger partial charge in [-0.3, -0.25) is 4.79 Å². The lowest BCUT2D eigenvalue weighted by molar-refractivity contribution is 0.0895. The SMILES string of the molecule is COc1ccc(OC)c2c1C(=O)[C@@H]1CCCC[C@H]21. The Balaban J connectivity index is 2.19. The number of hydrogen-bond donors (Lipinski definition) is 0. The molecule has 96 valence electrons. The van der Waals surface area contributed by atoms with E-state index in [-0.39, 0.29) is 11.7 Å². The van der Waals surface area contributed by atoms with Gasteiger partial charge < -0.3 is 9.47 Å². The van der Waals surface area contributed by atoms with E-state index in [1.807, 2.05) is 12.1 Å². The fourth-order valence-corrected chi connectivity index (χ4v) is 3.53. The van der Waals surface area contributed by atoms with E-state index in [0.717, 1.165) is 36.1 Å². The van der Waals surface area contributed by atoms with E-state index >= 15 is 0 Å². The molecular formula is C15H18O3. The fourth-order valence-electron chi connectivity index (χ4n) is 3.53. The van der Waals surface area contributed by atoms with E-state index in [1.165, 1.54) is 6.42 Å². The molecule has 1 aromatic carbocycles. The Hall–Kier alpha value is -1.51. The molecule has 3 rings (SSSR count). The van der Waals surface area contributed by atoms with Crippen molar-refractivity contribution >= 4 is 5.78 Å². The molecule has 0 heterocycles. The van der Waals surface area contributed by atoms with Crippen molar-refractivity contribution in [2.24, 2.45) is 5.92 Å². The summed E-state index contributed by atoms with van der Waals surface area (Å²) in [6.07, 6.45) is 4.46. The normalized spacial score (nSPS) is 25.6. The van der Waals surface area contributed by atoms with Gasteiger partial charge in [-0.1, -0.05) is 12.8 Å². The molecule has 1 aromatic rings. The Kier molecular flexibility index (Phi) is 2.77. The van der Waals surface area contributed by atoms with Crippen LogP contribution in [0.5, 0.6) is 11.5 Å². The van der Waals surface area contributed by atoms with Crippen molar-refractivity contribution in [2.45, 2.75) is 31.6 Å². The summed E-state index contributed by atoms with van der Waals surface area (Å²) in [6, 6.07) is 3.76. The highest BCUT2D eigenvalue weighted by molar-refractivity contribution is 6.06. The van der Waals surface area contributed by atoms with Crippen molar-refractivity contribution < 1.29 is 14.3 Å². The van der Waals surface area contributed by atoms with Gasteiger partial charge in [0.05, 0.1) is 19.8 Å². The van der Waals surface area contributed by atoms with E-state index in [0.29, 0.717) is 11.7 Å². The molecule has 1 saturated carbocycles. The second-order valence-corrected chi connectivity index (χ2v) is 5.12. The standard InChI is InChI=1S/C15H18O3/c1-17-11-7-8-12(18-2)14-13(11)9-5-3-4-6-10(9)15(14)16/h7-10H,3-6H2,1-2H3/t9-,10+/m0/s1. The zero-order chi connectivity index (χ0) is 12.7. The topological polar surface area (TPSA) is 35.5 Å². The molecule has 0 radical (unpaired) electrons. The van der Waals surface area contributed by atoms with Crippen LogP contribution in [0.1, 0.15) is 47.5 Å². The van der Waals surface area contributed by atoms with E-state index in [1.54, 1.807) is 14.2 Å². The number of Topliss-reactive ketones (excluding diaryl/α,β-unsaturated/α-hetero) is 1. The predicted octanol–water partition coefficient (Wildman–Crippen LogP) is 3.17. The third kappa shape index (κ3) is 1.46. The second kappa shape index (κ2) is 4.30. The number of benzene rings is 1. The molecule has 0 unspecified atom stereocenters. The molecule has 0 saturated heterocycles. The van der Waals surface area contributed by atoms with Crippen LogP contribution in [0.2, 0.25) is 0 Å². The van der Waals surface area contributed by atoms with Gasteiger partial charge in [-0.25, -0.2) is 0 Å². The second-order valence-electron chi connectivity index (χ2n) is 5.12. The minimum Gasteiger partial charge on any atom is -0.496 e. The third-order valence-electron chi connectivity index (χ3n) is 4.33. The van der Waals surface area contributed by atoms with Crippen molar-refractivity contribution in [1.82, 2.24) is 0 Å². The maximum atomic E-state index is 12.5. The van der Waals surface area contributed by atoms with Crippen LogP contribution in [0.15, 0.2) is 12.1 Å². The smallest absolute Gasteiger partial charge is 0.170 e. The van der Waals surface area contributed by atoms with Crippen LogP contribution in [0.25, 0.3) is 0 Å². The summed E-state index contributed by atoms with van der Waals surface area (Å²) in [6.45, 7) is 0. The number of rotatable bonds is 2. The van der Waals surface area contributed by atoms with Crippen LogP contribution in [0, 0.1) is 5.92 Å². The lowest BCUT2D eigenvalue weighted by atomic mass is 9.79. The molecule has 1 fully saturated rings.